The van der Waals surface area contributed by atoms with Crippen LogP contribution in [-0.2, 0) is 11.2 Å². The highest BCUT2D eigenvalue weighted by Crippen LogP contribution is 2.29. The average Bonchev–Trinajstić information content (AvgIpc) is 3.09. The highest BCUT2D eigenvalue weighted by molar-refractivity contribution is 6.01. The van der Waals surface area contributed by atoms with Crippen molar-refractivity contribution in [3.63, 3.8) is 0 Å². The van der Waals surface area contributed by atoms with Crippen molar-refractivity contribution in [1.82, 2.24) is 10.2 Å². The quantitative estimate of drug-likeness (QED) is 0.809. The van der Waals surface area contributed by atoms with E-state index in [0.29, 0.717) is 23.9 Å². The first-order chi connectivity index (χ1) is 10.2. The molecule has 3 aliphatic heterocycles. The molecule has 110 valence electrons. The van der Waals surface area contributed by atoms with E-state index in [1.807, 2.05) is 23.1 Å². The monoisotopic (exact) mass is 285 g/mol. The Bertz CT molecular complexity index is 614. The number of nitrogens with one attached hydrogen (secondary N) is 2. The third kappa shape index (κ3) is 2.12. The molecule has 0 saturated carbocycles. The van der Waals surface area contributed by atoms with E-state index in [0.717, 1.165) is 37.3 Å². The summed E-state index contributed by atoms with van der Waals surface area (Å²) in [6, 6.07) is 5.89. The summed E-state index contributed by atoms with van der Waals surface area (Å²) >= 11 is 0. The molecule has 2 atom stereocenters. The Balaban J connectivity index is 1.60. The number of hydrogen-bond acceptors (Lipinski definition) is 3. The number of hydrogen-bond donors (Lipinski definition) is 2. The molecule has 1 aromatic rings. The molecule has 0 spiro atoms. The van der Waals surface area contributed by atoms with Gasteiger partial charge in [-0.2, -0.15) is 0 Å². The summed E-state index contributed by atoms with van der Waals surface area (Å²) in [6.07, 6.45) is 2.67. The second-order valence-corrected chi connectivity index (χ2v) is 6.22. The van der Waals surface area contributed by atoms with Gasteiger partial charge >= 0.3 is 0 Å². The Morgan fingerprint density at radius 1 is 1.29 bits per heavy atom. The van der Waals surface area contributed by atoms with Gasteiger partial charge in [-0.15, -0.1) is 0 Å². The molecule has 0 aliphatic carbocycles. The van der Waals surface area contributed by atoms with E-state index in [4.69, 9.17) is 0 Å². The number of fused-ring (bicyclic) bond motifs is 2. The molecule has 2 N–H and O–H groups in total. The SMILES string of the molecule is O=C1Cc2cc(C(=O)N3CCCC4CNCC43)ccc2N1. The van der Waals surface area contributed by atoms with E-state index < -0.39 is 0 Å². The van der Waals surface area contributed by atoms with Crippen molar-refractivity contribution in [2.75, 3.05) is 25.0 Å². The summed E-state index contributed by atoms with van der Waals surface area (Å²) in [6.45, 7) is 2.77. The van der Waals surface area contributed by atoms with Gasteiger partial charge in [0.05, 0.1) is 6.42 Å². The molecule has 4 rings (SSSR count). The number of benzene rings is 1. The van der Waals surface area contributed by atoms with Crippen LogP contribution in [0.2, 0.25) is 0 Å². The fourth-order valence-corrected chi connectivity index (χ4v) is 3.85. The minimum absolute atomic E-state index is 0.00706. The van der Waals surface area contributed by atoms with Crippen LogP contribution in [0.5, 0.6) is 0 Å². The number of amides is 2. The van der Waals surface area contributed by atoms with Crippen LogP contribution < -0.4 is 10.6 Å². The van der Waals surface area contributed by atoms with E-state index >= 15 is 0 Å². The first kappa shape index (κ1) is 12.8. The molecule has 5 nitrogen and oxygen atoms in total. The molecule has 2 fully saturated rings. The maximum atomic E-state index is 12.8. The lowest BCUT2D eigenvalue weighted by Gasteiger charge is -2.37. The van der Waals surface area contributed by atoms with E-state index in [-0.39, 0.29) is 11.8 Å². The van der Waals surface area contributed by atoms with Gasteiger partial charge in [0.1, 0.15) is 0 Å². The molecule has 3 aliphatic rings. The van der Waals surface area contributed by atoms with E-state index in [1.54, 1.807) is 0 Å². The molecule has 1 aromatic carbocycles. The molecule has 3 heterocycles. The van der Waals surface area contributed by atoms with Crippen molar-refractivity contribution in [2.24, 2.45) is 5.92 Å². The molecule has 2 amide bonds. The van der Waals surface area contributed by atoms with Crippen LogP contribution in [0.3, 0.4) is 0 Å². The van der Waals surface area contributed by atoms with Gasteiger partial charge in [-0.25, -0.2) is 0 Å². The lowest BCUT2D eigenvalue weighted by atomic mass is 9.91. The largest absolute Gasteiger partial charge is 0.334 e. The van der Waals surface area contributed by atoms with Crippen LogP contribution in [0.15, 0.2) is 18.2 Å². The first-order valence-corrected chi connectivity index (χ1v) is 7.67. The van der Waals surface area contributed by atoms with Crippen molar-refractivity contribution < 1.29 is 9.59 Å². The Kier molecular flexibility index (Phi) is 2.96. The predicted octanol–water partition coefficient (Wildman–Crippen LogP) is 1.01. The van der Waals surface area contributed by atoms with Crippen LogP contribution in [0.25, 0.3) is 0 Å². The summed E-state index contributed by atoms with van der Waals surface area (Å²) in [5.74, 6) is 0.712. The maximum absolute atomic E-state index is 12.8. The summed E-state index contributed by atoms with van der Waals surface area (Å²) in [5.41, 5.74) is 2.48. The second kappa shape index (κ2) is 4.84. The highest BCUT2D eigenvalue weighted by Gasteiger charge is 2.37. The molecule has 5 heteroatoms. The minimum Gasteiger partial charge on any atom is -0.334 e. The standard InChI is InChI=1S/C16H19N3O2/c20-15-7-12-6-10(3-4-13(12)18-15)16(21)19-5-1-2-11-8-17-9-14(11)19/h3-4,6,11,14,17H,1-2,5,7-9H2,(H,18,20). The number of anilines is 1. The fourth-order valence-electron chi connectivity index (χ4n) is 3.85. The van der Waals surface area contributed by atoms with Crippen molar-refractivity contribution in [3.05, 3.63) is 29.3 Å². The molecule has 0 aromatic heterocycles. The maximum Gasteiger partial charge on any atom is 0.254 e. The highest BCUT2D eigenvalue weighted by atomic mass is 16.2. The number of rotatable bonds is 1. The third-order valence-electron chi connectivity index (χ3n) is 4.92. The van der Waals surface area contributed by atoms with Gasteiger partial charge in [-0.05, 0) is 42.5 Å². The Hall–Kier alpha value is -1.88. The first-order valence-electron chi connectivity index (χ1n) is 7.67. The van der Waals surface area contributed by atoms with Crippen LogP contribution in [0, 0.1) is 5.92 Å². The van der Waals surface area contributed by atoms with Crippen LogP contribution in [0.1, 0.15) is 28.8 Å². The molecular weight excluding hydrogens is 266 g/mol. The van der Waals surface area contributed by atoms with E-state index in [2.05, 4.69) is 10.6 Å². The minimum atomic E-state index is 0.00706. The van der Waals surface area contributed by atoms with Crippen molar-refractivity contribution in [2.45, 2.75) is 25.3 Å². The molecular formula is C16H19N3O2. The Morgan fingerprint density at radius 3 is 3.10 bits per heavy atom. The predicted molar refractivity (Wildman–Crippen MR) is 79.2 cm³/mol. The van der Waals surface area contributed by atoms with Gasteiger partial charge in [-0.1, -0.05) is 0 Å². The smallest absolute Gasteiger partial charge is 0.254 e. The lowest BCUT2D eigenvalue weighted by Crippen LogP contribution is -2.48. The summed E-state index contributed by atoms with van der Waals surface area (Å²) in [4.78, 5) is 26.3. The Labute approximate surface area is 123 Å². The molecule has 0 bridgehead atoms. The second-order valence-electron chi connectivity index (χ2n) is 6.22. The zero-order valence-corrected chi connectivity index (χ0v) is 11.9. The van der Waals surface area contributed by atoms with Crippen molar-refractivity contribution in [1.29, 1.82) is 0 Å². The number of carbonyl (C=O) groups is 2. The van der Waals surface area contributed by atoms with Gasteiger partial charge < -0.3 is 15.5 Å². The van der Waals surface area contributed by atoms with E-state index in [1.165, 1.54) is 6.42 Å². The van der Waals surface area contributed by atoms with Crippen LogP contribution >= 0.6 is 0 Å². The summed E-state index contributed by atoms with van der Waals surface area (Å²) < 4.78 is 0. The summed E-state index contributed by atoms with van der Waals surface area (Å²) in [7, 11) is 0. The molecule has 2 unspecified atom stereocenters. The summed E-state index contributed by atoms with van der Waals surface area (Å²) in [5, 5.41) is 6.21. The van der Waals surface area contributed by atoms with Gasteiger partial charge in [0, 0.05) is 36.9 Å². The fraction of sp³-hybridized carbons (Fsp3) is 0.500. The van der Waals surface area contributed by atoms with Crippen molar-refractivity contribution in [3.8, 4) is 0 Å². The topological polar surface area (TPSA) is 61.4 Å². The van der Waals surface area contributed by atoms with E-state index in [9.17, 15) is 9.59 Å². The normalized spacial score (nSPS) is 27.2. The number of piperidine rings is 1. The lowest BCUT2D eigenvalue weighted by molar-refractivity contribution is -0.115. The van der Waals surface area contributed by atoms with Gasteiger partial charge in [0.25, 0.3) is 5.91 Å². The molecule has 0 radical (unpaired) electrons. The molecule has 21 heavy (non-hydrogen) atoms. The van der Waals surface area contributed by atoms with Crippen LogP contribution in [-0.4, -0.2) is 42.4 Å². The van der Waals surface area contributed by atoms with Crippen LogP contribution in [0.4, 0.5) is 5.69 Å². The molecule has 2 saturated heterocycles. The number of carbonyl (C=O) groups excluding carboxylic acids is 2. The van der Waals surface area contributed by atoms with Gasteiger partial charge in [0.15, 0.2) is 0 Å². The zero-order valence-electron chi connectivity index (χ0n) is 11.9. The zero-order chi connectivity index (χ0) is 14.4. The Morgan fingerprint density at radius 2 is 2.19 bits per heavy atom. The number of nitrogens with zero attached hydrogens (tertiary/aromatic N) is 1. The number of likely N-dealkylation sites (tertiary alicyclic amines) is 1. The van der Waals surface area contributed by atoms with Gasteiger partial charge in [0.2, 0.25) is 5.91 Å². The van der Waals surface area contributed by atoms with Crippen molar-refractivity contribution >= 4 is 17.5 Å². The third-order valence-corrected chi connectivity index (χ3v) is 4.92. The average molecular weight is 285 g/mol. The van der Waals surface area contributed by atoms with Gasteiger partial charge in [-0.3, -0.25) is 9.59 Å².